The second-order valence-electron chi connectivity index (χ2n) is 11.0. The average Bonchev–Trinajstić information content (AvgIpc) is 3.03. The molecule has 0 saturated heterocycles. The number of rotatable bonds is 13. The van der Waals surface area contributed by atoms with Crippen molar-refractivity contribution in [3.05, 3.63) is 131 Å². The van der Waals surface area contributed by atoms with Crippen molar-refractivity contribution in [1.82, 2.24) is 10.2 Å². The van der Waals surface area contributed by atoms with Gasteiger partial charge in [-0.1, -0.05) is 78.7 Å². The Bertz CT molecular complexity index is 1680. The summed E-state index contributed by atoms with van der Waals surface area (Å²) in [6.07, 6.45) is 0.881. The van der Waals surface area contributed by atoms with Gasteiger partial charge in [0.25, 0.3) is 10.0 Å². The number of nitrogens with one attached hydrogen (secondary N) is 1. The summed E-state index contributed by atoms with van der Waals surface area (Å²) < 4.78 is 42.9. The van der Waals surface area contributed by atoms with E-state index in [1.165, 1.54) is 29.2 Å². The monoisotopic (exact) mass is 649 g/mol. The highest BCUT2D eigenvalue weighted by Gasteiger charge is 2.35. The SMILES string of the molecule is CCC(C)NC(=O)C(Cc1ccccc1)N(Cc1ccc(Cl)cc1)C(=O)CN(c1ccc(F)cc1)S(=O)(=O)c1ccc(C)cc1. The van der Waals surface area contributed by atoms with E-state index < -0.39 is 34.3 Å². The van der Waals surface area contributed by atoms with Crippen LogP contribution in [0.1, 0.15) is 37.0 Å². The molecule has 10 heteroatoms. The standard InChI is InChI=1S/C35H37ClFN3O4S/c1-4-26(3)38-35(42)33(22-27-8-6-5-7-9-27)39(23-28-12-14-29(36)15-13-28)34(41)24-40(31-18-16-30(37)17-19-31)45(43,44)32-20-10-25(2)11-21-32/h5-21,26,33H,4,22-24H2,1-3H3,(H,38,42). The minimum absolute atomic E-state index is 0.0171. The second-order valence-corrected chi connectivity index (χ2v) is 13.3. The maximum atomic E-state index is 14.4. The van der Waals surface area contributed by atoms with Crippen molar-refractivity contribution in [2.45, 2.75) is 57.1 Å². The molecule has 0 bridgehead atoms. The molecule has 0 saturated carbocycles. The molecular weight excluding hydrogens is 613 g/mol. The lowest BCUT2D eigenvalue weighted by Gasteiger charge is -2.34. The van der Waals surface area contributed by atoms with Gasteiger partial charge in [-0.05, 0) is 79.9 Å². The summed E-state index contributed by atoms with van der Waals surface area (Å²) in [6.45, 7) is 5.06. The van der Waals surface area contributed by atoms with E-state index in [9.17, 15) is 22.4 Å². The average molecular weight is 650 g/mol. The summed E-state index contributed by atoms with van der Waals surface area (Å²) >= 11 is 6.13. The van der Waals surface area contributed by atoms with Crippen molar-refractivity contribution in [3.63, 3.8) is 0 Å². The number of aryl methyl sites for hydroxylation is 1. The van der Waals surface area contributed by atoms with Gasteiger partial charge in [-0.3, -0.25) is 13.9 Å². The molecule has 0 spiro atoms. The van der Waals surface area contributed by atoms with Crippen molar-refractivity contribution in [1.29, 1.82) is 0 Å². The fourth-order valence-corrected chi connectivity index (χ4v) is 6.30. The van der Waals surface area contributed by atoms with Crippen molar-refractivity contribution in [2.24, 2.45) is 0 Å². The minimum Gasteiger partial charge on any atom is -0.352 e. The smallest absolute Gasteiger partial charge is 0.264 e. The molecule has 0 aliphatic carbocycles. The Morgan fingerprint density at radius 3 is 2.09 bits per heavy atom. The highest BCUT2D eigenvalue weighted by atomic mass is 35.5. The van der Waals surface area contributed by atoms with E-state index in [1.54, 1.807) is 36.4 Å². The third kappa shape index (κ3) is 8.93. The first-order valence-corrected chi connectivity index (χ1v) is 16.5. The topological polar surface area (TPSA) is 86.8 Å². The highest BCUT2D eigenvalue weighted by molar-refractivity contribution is 7.92. The summed E-state index contributed by atoms with van der Waals surface area (Å²) in [4.78, 5) is 29.7. The van der Waals surface area contributed by atoms with Gasteiger partial charge in [0.05, 0.1) is 10.6 Å². The Balaban J connectivity index is 1.80. The number of sulfonamides is 1. The van der Waals surface area contributed by atoms with Gasteiger partial charge in [0.15, 0.2) is 0 Å². The Morgan fingerprint density at radius 1 is 0.867 bits per heavy atom. The van der Waals surface area contributed by atoms with E-state index >= 15 is 0 Å². The quantitative estimate of drug-likeness (QED) is 0.178. The molecule has 0 fully saturated rings. The number of hydrogen-bond acceptors (Lipinski definition) is 4. The van der Waals surface area contributed by atoms with Crippen molar-refractivity contribution in [3.8, 4) is 0 Å². The number of benzene rings is 4. The lowest BCUT2D eigenvalue weighted by atomic mass is 10.0. The fraction of sp³-hybridized carbons (Fsp3) is 0.257. The van der Waals surface area contributed by atoms with E-state index in [-0.39, 0.29) is 35.5 Å². The lowest BCUT2D eigenvalue weighted by Crippen LogP contribution is -2.54. The molecule has 7 nitrogen and oxygen atoms in total. The van der Waals surface area contributed by atoms with Crippen molar-refractivity contribution in [2.75, 3.05) is 10.8 Å². The van der Waals surface area contributed by atoms with Gasteiger partial charge < -0.3 is 10.2 Å². The summed E-state index contributed by atoms with van der Waals surface area (Å²) in [5.74, 6) is -1.51. The molecule has 4 aromatic carbocycles. The lowest BCUT2D eigenvalue weighted by molar-refractivity contribution is -0.140. The van der Waals surface area contributed by atoms with Gasteiger partial charge >= 0.3 is 0 Å². The van der Waals surface area contributed by atoms with Crippen molar-refractivity contribution >= 4 is 39.1 Å². The van der Waals surface area contributed by atoms with Crippen LogP contribution >= 0.6 is 11.6 Å². The maximum Gasteiger partial charge on any atom is 0.264 e. The molecule has 0 aliphatic rings. The first-order valence-electron chi connectivity index (χ1n) is 14.7. The molecule has 0 aliphatic heterocycles. The van der Waals surface area contributed by atoms with E-state index in [0.717, 1.165) is 27.6 Å². The number of anilines is 1. The molecule has 0 radical (unpaired) electrons. The first kappa shape index (κ1) is 33.7. The number of nitrogens with zero attached hydrogens (tertiary/aromatic N) is 2. The van der Waals surface area contributed by atoms with E-state index in [1.807, 2.05) is 51.1 Å². The van der Waals surface area contributed by atoms with Crippen LogP contribution in [0.15, 0.2) is 108 Å². The van der Waals surface area contributed by atoms with Crippen molar-refractivity contribution < 1.29 is 22.4 Å². The largest absolute Gasteiger partial charge is 0.352 e. The van der Waals surface area contributed by atoms with Crippen LogP contribution in [0, 0.1) is 12.7 Å². The number of hydrogen-bond donors (Lipinski definition) is 1. The Morgan fingerprint density at radius 2 is 1.49 bits per heavy atom. The summed E-state index contributed by atoms with van der Waals surface area (Å²) in [5, 5.41) is 3.52. The van der Waals surface area contributed by atoms with Crippen LogP contribution in [-0.2, 0) is 32.6 Å². The third-order valence-corrected chi connectivity index (χ3v) is 9.58. The Hall–Kier alpha value is -4.21. The first-order chi connectivity index (χ1) is 21.5. The molecule has 45 heavy (non-hydrogen) atoms. The minimum atomic E-state index is -4.27. The van der Waals surface area contributed by atoms with Gasteiger partial charge in [0.1, 0.15) is 18.4 Å². The predicted octanol–water partition coefficient (Wildman–Crippen LogP) is 6.54. The zero-order valence-electron chi connectivity index (χ0n) is 25.5. The van der Waals surface area contributed by atoms with E-state index in [0.29, 0.717) is 17.0 Å². The van der Waals surface area contributed by atoms with Crippen LogP contribution in [-0.4, -0.2) is 43.8 Å². The number of amides is 2. The van der Waals surface area contributed by atoms with Gasteiger partial charge in [-0.15, -0.1) is 0 Å². The van der Waals surface area contributed by atoms with Crippen LogP contribution in [0.25, 0.3) is 0 Å². The molecule has 2 unspecified atom stereocenters. The highest BCUT2D eigenvalue weighted by Crippen LogP contribution is 2.26. The summed E-state index contributed by atoms with van der Waals surface area (Å²) in [7, 11) is -4.27. The van der Waals surface area contributed by atoms with Gasteiger partial charge in [0.2, 0.25) is 11.8 Å². The van der Waals surface area contributed by atoms with E-state index in [4.69, 9.17) is 11.6 Å². The Labute approximate surface area is 269 Å². The van der Waals surface area contributed by atoms with Gasteiger partial charge in [-0.25, -0.2) is 12.8 Å². The molecule has 4 aromatic rings. The molecular formula is C35H37ClFN3O4S. The molecule has 1 N–H and O–H groups in total. The van der Waals surface area contributed by atoms with Crippen LogP contribution in [0.3, 0.4) is 0 Å². The summed E-state index contributed by atoms with van der Waals surface area (Å²) in [5.41, 5.74) is 2.51. The Kier molecular flexibility index (Phi) is 11.4. The normalized spacial score (nSPS) is 12.6. The molecule has 4 rings (SSSR count). The number of halogens is 2. The summed E-state index contributed by atoms with van der Waals surface area (Å²) in [6, 6.07) is 26.3. The number of carbonyl (C=O) groups excluding carboxylic acids is 2. The molecule has 2 amide bonds. The maximum absolute atomic E-state index is 14.4. The molecule has 2 atom stereocenters. The molecule has 236 valence electrons. The van der Waals surface area contributed by atoms with Crippen LogP contribution < -0.4 is 9.62 Å². The van der Waals surface area contributed by atoms with Crippen LogP contribution in [0.4, 0.5) is 10.1 Å². The third-order valence-electron chi connectivity index (χ3n) is 7.54. The van der Waals surface area contributed by atoms with Gasteiger partial charge in [-0.2, -0.15) is 0 Å². The fourth-order valence-electron chi connectivity index (χ4n) is 4.76. The van der Waals surface area contributed by atoms with Gasteiger partial charge in [0, 0.05) is 24.0 Å². The predicted molar refractivity (Wildman–Crippen MR) is 176 cm³/mol. The van der Waals surface area contributed by atoms with Crippen LogP contribution in [0.5, 0.6) is 0 Å². The second kappa shape index (κ2) is 15.2. The van der Waals surface area contributed by atoms with E-state index in [2.05, 4.69) is 5.32 Å². The zero-order chi connectivity index (χ0) is 32.6. The molecule has 0 heterocycles. The zero-order valence-corrected chi connectivity index (χ0v) is 27.1. The number of carbonyl (C=O) groups is 2. The molecule has 0 aromatic heterocycles. The van der Waals surface area contributed by atoms with Crippen LogP contribution in [0.2, 0.25) is 5.02 Å².